The zero-order chi connectivity index (χ0) is 15.2. The number of nitrogens with one attached hydrogen (secondary N) is 1. The number of rotatable bonds is 7. The van der Waals surface area contributed by atoms with Crippen LogP contribution in [0, 0.1) is 0 Å². The van der Waals surface area contributed by atoms with Crippen LogP contribution in [0.25, 0.3) is 0 Å². The Balaban J connectivity index is 2.62. The molecule has 0 spiro atoms. The van der Waals surface area contributed by atoms with Gasteiger partial charge in [-0.25, -0.2) is 13.6 Å². The van der Waals surface area contributed by atoms with Crippen molar-refractivity contribution in [2.45, 2.75) is 37.1 Å². The van der Waals surface area contributed by atoms with E-state index in [4.69, 9.17) is 5.14 Å². The second-order valence-corrected chi connectivity index (χ2v) is 6.22. The average molecular weight is 296 g/mol. The molecule has 0 aliphatic carbocycles. The molecule has 0 radical (unpaired) electrons. The van der Waals surface area contributed by atoms with Gasteiger partial charge in [-0.2, -0.15) is 0 Å². The van der Waals surface area contributed by atoms with Gasteiger partial charge >= 0.3 is 0 Å². The van der Waals surface area contributed by atoms with Crippen molar-refractivity contribution in [3.63, 3.8) is 0 Å². The molecule has 110 valence electrons. The first-order valence-corrected chi connectivity index (χ1v) is 7.94. The molecule has 0 fully saturated rings. The van der Waals surface area contributed by atoms with Crippen LogP contribution < -0.4 is 10.5 Å². The molecule has 3 N–H and O–H groups in total. The van der Waals surface area contributed by atoms with Gasteiger partial charge in [0, 0.05) is 11.6 Å². The van der Waals surface area contributed by atoms with Crippen molar-refractivity contribution in [1.82, 2.24) is 5.32 Å². The van der Waals surface area contributed by atoms with Gasteiger partial charge in [0.05, 0.1) is 4.90 Å². The molecule has 0 bridgehead atoms. The summed E-state index contributed by atoms with van der Waals surface area (Å²) >= 11 is 0. The Morgan fingerprint density at radius 2 is 2.00 bits per heavy atom. The molecule has 1 rings (SSSR count). The van der Waals surface area contributed by atoms with Crippen molar-refractivity contribution < 1.29 is 13.2 Å². The van der Waals surface area contributed by atoms with E-state index in [2.05, 4.69) is 11.9 Å². The lowest BCUT2D eigenvalue weighted by atomic mass is 10.1. The molecule has 6 heteroatoms. The number of nitrogens with two attached hydrogens (primary N) is 1. The van der Waals surface area contributed by atoms with E-state index in [1.807, 2.05) is 13.0 Å². The Kier molecular flexibility index (Phi) is 5.91. The van der Waals surface area contributed by atoms with Gasteiger partial charge in [0.25, 0.3) is 5.91 Å². The average Bonchev–Trinajstić information content (AvgIpc) is 2.38. The van der Waals surface area contributed by atoms with E-state index in [9.17, 15) is 13.2 Å². The number of unbranched alkanes of at least 4 members (excludes halogenated alkanes) is 1. The Morgan fingerprint density at radius 1 is 1.40 bits per heavy atom. The standard InChI is InChI=1S/C14H20N2O3S/c1-3-4-5-6-11(2)16-14(17)12-7-9-13(10-8-12)20(15,18)19/h3,7-11H,1,4-6H2,2H3,(H,16,17)(H2,15,18,19). The topological polar surface area (TPSA) is 89.3 Å². The normalized spacial score (nSPS) is 12.7. The zero-order valence-electron chi connectivity index (χ0n) is 11.5. The number of hydrogen-bond donors (Lipinski definition) is 2. The van der Waals surface area contributed by atoms with Crippen molar-refractivity contribution in [3.8, 4) is 0 Å². The Labute approximate surface area is 119 Å². The highest BCUT2D eigenvalue weighted by Crippen LogP contribution is 2.09. The van der Waals surface area contributed by atoms with Gasteiger partial charge in [-0.1, -0.05) is 6.08 Å². The van der Waals surface area contributed by atoms with Crippen molar-refractivity contribution in [3.05, 3.63) is 42.5 Å². The number of sulfonamides is 1. The summed E-state index contributed by atoms with van der Waals surface area (Å²) in [6.45, 7) is 5.58. The van der Waals surface area contributed by atoms with Crippen LogP contribution in [0.3, 0.4) is 0 Å². The highest BCUT2D eigenvalue weighted by atomic mass is 32.2. The molecule has 0 aromatic heterocycles. The van der Waals surface area contributed by atoms with Crippen LogP contribution in [0.5, 0.6) is 0 Å². The highest BCUT2D eigenvalue weighted by Gasteiger charge is 2.12. The number of hydrogen-bond acceptors (Lipinski definition) is 3. The number of amides is 1. The third-order valence-electron chi connectivity index (χ3n) is 2.87. The van der Waals surface area contributed by atoms with Crippen LogP contribution in [0.2, 0.25) is 0 Å². The fraction of sp³-hybridized carbons (Fsp3) is 0.357. The SMILES string of the molecule is C=CCCCC(C)NC(=O)c1ccc(S(N)(=O)=O)cc1. The molecule has 1 amide bonds. The van der Waals surface area contributed by atoms with Crippen LogP contribution in [-0.2, 0) is 10.0 Å². The predicted octanol–water partition coefficient (Wildman–Crippen LogP) is 1.81. The summed E-state index contributed by atoms with van der Waals surface area (Å²) in [5.74, 6) is -0.225. The lowest BCUT2D eigenvalue weighted by Gasteiger charge is -2.13. The highest BCUT2D eigenvalue weighted by molar-refractivity contribution is 7.89. The third kappa shape index (κ3) is 5.14. The third-order valence-corrected chi connectivity index (χ3v) is 3.80. The Bertz CT molecular complexity index is 565. The van der Waals surface area contributed by atoms with Gasteiger partial charge in [-0.15, -0.1) is 6.58 Å². The minimum absolute atomic E-state index is 0.00641. The van der Waals surface area contributed by atoms with Gasteiger partial charge in [0.1, 0.15) is 0 Å². The van der Waals surface area contributed by atoms with Crippen molar-refractivity contribution in [2.24, 2.45) is 5.14 Å². The van der Waals surface area contributed by atoms with Gasteiger partial charge < -0.3 is 5.32 Å². The van der Waals surface area contributed by atoms with Crippen molar-refractivity contribution in [1.29, 1.82) is 0 Å². The number of carbonyl (C=O) groups is 1. The lowest BCUT2D eigenvalue weighted by molar-refractivity contribution is 0.0938. The molecule has 0 aliphatic heterocycles. The van der Waals surface area contributed by atoms with Crippen molar-refractivity contribution in [2.75, 3.05) is 0 Å². The second-order valence-electron chi connectivity index (χ2n) is 4.66. The molecular weight excluding hydrogens is 276 g/mol. The van der Waals surface area contributed by atoms with Crippen LogP contribution in [0.1, 0.15) is 36.5 Å². The first-order chi connectivity index (χ1) is 9.34. The summed E-state index contributed by atoms with van der Waals surface area (Å²) < 4.78 is 22.2. The number of benzene rings is 1. The zero-order valence-corrected chi connectivity index (χ0v) is 12.3. The summed E-state index contributed by atoms with van der Waals surface area (Å²) in [5, 5.41) is 7.85. The summed E-state index contributed by atoms with van der Waals surface area (Å²) in [4.78, 5) is 11.9. The summed E-state index contributed by atoms with van der Waals surface area (Å²) in [6.07, 6.45) is 4.60. The molecule has 1 atom stereocenters. The molecule has 0 saturated heterocycles. The lowest BCUT2D eigenvalue weighted by Crippen LogP contribution is -2.32. The minimum atomic E-state index is -3.72. The summed E-state index contributed by atoms with van der Waals surface area (Å²) in [5.41, 5.74) is 0.410. The Hall–Kier alpha value is -1.66. The molecule has 20 heavy (non-hydrogen) atoms. The maximum absolute atomic E-state index is 11.9. The van der Waals surface area contributed by atoms with E-state index in [0.29, 0.717) is 5.56 Å². The number of carbonyl (C=O) groups excluding carboxylic acids is 1. The van der Waals surface area contributed by atoms with Crippen LogP contribution >= 0.6 is 0 Å². The minimum Gasteiger partial charge on any atom is -0.350 e. The Morgan fingerprint density at radius 3 is 2.50 bits per heavy atom. The fourth-order valence-electron chi connectivity index (χ4n) is 1.74. The second kappa shape index (κ2) is 7.21. The summed E-state index contributed by atoms with van der Waals surface area (Å²) in [7, 11) is -3.72. The van der Waals surface area contributed by atoms with Gasteiger partial charge in [-0.3, -0.25) is 4.79 Å². The van der Waals surface area contributed by atoms with E-state index < -0.39 is 10.0 Å². The monoisotopic (exact) mass is 296 g/mol. The number of allylic oxidation sites excluding steroid dienone is 1. The van der Waals surface area contributed by atoms with Gasteiger partial charge in [0.2, 0.25) is 10.0 Å². The van der Waals surface area contributed by atoms with E-state index >= 15 is 0 Å². The first kappa shape index (κ1) is 16.4. The maximum atomic E-state index is 11.9. The molecule has 1 unspecified atom stereocenters. The molecule has 1 aromatic carbocycles. The van der Waals surface area contributed by atoms with Gasteiger partial charge in [0.15, 0.2) is 0 Å². The van der Waals surface area contributed by atoms with E-state index in [0.717, 1.165) is 19.3 Å². The molecule has 5 nitrogen and oxygen atoms in total. The van der Waals surface area contributed by atoms with Crippen LogP contribution in [0.15, 0.2) is 41.8 Å². The van der Waals surface area contributed by atoms with Crippen molar-refractivity contribution >= 4 is 15.9 Å². The van der Waals surface area contributed by atoms with Crippen LogP contribution in [-0.4, -0.2) is 20.4 Å². The summed E-state index contributed by atoms with van der Waals surface area (Å²) in [6, 6.07) is 5.61. The molecule has 0 heterocycles. The molecular formula is C14H20N2O3S. The van der Waals surface area contributed by atoms with E-state index in [1.165, 1.54) is 24.3 Å². The van der Waals surface area contributed by atoms with Gasteiger partial charge in [-0.05, 0) is 50.5 Å². The van der Waals surface area contributed by atoms with Crippen LogP contribution in [0.4, 0.5) is 0 Å². The first-order valence-electron chi connectivity index (χ1n) is 6.39. The van der Waals surface area contributed by atoms with E-state index in [-0.39, 0.29) is 16.8 Å². The molecule has 1 aromatic rings. The smallest absolute Gasteiger partial charge is 0.251 e. The molecule has 0 aliphatic rings. The quantitative estimate of drug-likeness (QED) is 0.594. The largest absolute Gasteiger partial charge is 0.350 e. The maximum Gasteiger partial charge on any atom is 0.251 e. The predicted molar refractivity (Wildman–Crippen MR) is 78.8 cm³/mol. The molecule has 0 saturated carbocycles. The number of primary sulfonamides is 1. The fourth-order valence-corrected chi connectivity index (χ4v) is 2.26. The van der Waals surface area contributed by atoms with E-state index in [1.54, 1.807) is 0 Å².